The molecule has 3 atom stereocenters. The minimum absolute atomic E-state index is 0.801. The van der Waals surface area contributed by atoms with Crippen molar-refractivity contribution in [1.82, 2.24) is 0 Å². The average Bonchev–Trinajstić information content (AvgIpc) is 2.29. The van der Waals surface area contributed by atoms with E-state index >= 15 is 0 Å². The Morgan fingerprint density at radius 3 is 2.81 bits per heavy atom. The molecule has 2 aliphatic rings. The molecule has 16 heavy (non-hydrogen) atoms. The Hall–Kier alpha value is -0.780. The molecule has 0 aromatic heterocycles. The second-order valence-corrected chi connectivity index (χ2v) is 5.85. The lowest BCUT2D eigenvalue weighted by atomic mass is 9.63. The third-order valence-corrected chi connectivity index (χ3v) is 4.96. The van der Waals surface area contributed by atoms with E-state index in [1.54, 1.807) is 11.1 Å². The van der Waals surface area contributed by atoms with Crippen LogP contribution in [0.2, 0.25) is 0 Å². The molecule has 0 heteroatoms. The largest absolute Gasteiger partial charge is 0.0617 e. The van der Waals surface area contributed by atoms with Gasteiger partial charge in [-0.05, 0) is 60.6 Å². The summed E-state index contributed by atoms with van der Waals surface area (Å²) in [5, 5.41) is 0. The highest BCUT2D eigenvalue weighted by Gasteiger charge is 2.35. The van der Waals surface area contributed by atoms with Crippen LogP contribution in [0.25, 0.3) is 0 Å². The van der Waals surface area contributed by atoms with E-state index in [2.05, 4.69) is 32.0 Å². The number of hydrogen-bond acceptors (Lipinski definition) is 0. The molecule has 1 aromatic carbocycles. The van der Waals surface area contributed by atoms with Crippen molar-refractivity contribution in [1.29, 1.82) is 0 Å². The van der Waals surface area contributed by atoms with E-state index in [0.29, 0.717) is 0 Å². The summed E-state index contributed by atoms with van der Waals surface area (Å²) in [6, 6.07) is 6.90. The minimum atomic E-state index is 0.801. The molecule has 0 amide bonds. The summed E-state index contributed by atoms with van der Waals surface area (Å²) in [5.41, 5.74) is 4.86. The van der Waals surface area contributed by atoms with Crippen molar-refractivity contribution in [3.05, 3.63) is 34.9 Å². The van der Waals surface area contributed by atoms with Crippen LogP contribution in [-0.2, 0) is 6.42 Å². The van der Waals surface area contributed by atoms with Crippen LogP contribution < -0.4 is 0 Å². The zero-order chi connectivity index (χ0) is 11.1. The molecule has 0 heterocycles. The van der Waals surface area contributed by atoms with Gasteiger partial charge in [-0.2, -0.15) is 0 Å². The summed E-state index contributed by atoms with van der Waals surface area (Å²) < 4.78 is 0. The first-order chi connectivity index (χ1) is 7.77. The first-order valence-corrected chi connectivity index (χ1v) is 6.86. The van der Waals surface area contributed by atoms with E-state index in [9.17, 15) is 0 Å². The summed E-state index contributed by atoms with van der Waals surface area (Å²) in [6.45, 7) is 4.76. The number of rotatable bonds is 0. The average molecular weight is 214 g/mol. The Labute approximate surface area is 99.1 Å². The third-order valence-electron chi connectivity index (χ3n) is 4.96. The van der Waals surface area contributed by atoms with Crippen LogP contribution >= 0.6 is 0 Å². The van der Waals surface area contributed by atoms with Crippen molar-refractivity contribution in [2.75, 3.05) is 0 Å². The van der Waals surface area contributed by atoms with Crippen LogP contribution in [0.3, 0.4) is 0 Å². The van der Waals surface area contributed by atoms with Crippen LogP contribution in [0.5, 0.6) is 0 Å². The fourth-order valence-electron chi connectivity index (χ4n) is 4.22. The molecule has 2 unspecified atom stereocenters. The van der Waals surface area contributed by atoms with Crippen molar-refractivity contribution in [2.45, 2.75) is 51.9 Å². The van der Waals surface area contributed by atoms with Gasteiger partial charge in [-0.3, -0.25) is 0 Å². The molecule has 3 rings (SSSR count). The first-order valence-electron chi connectivity index (χ1n) is 6.86. The second kappa shape index (κ2) is 3.91. The van der Waals surface area contributed by atoms with Crippen molar-refractivity contribution >= 4 is 0 Å². The zero-order valence-corrected chi connectivity index (χ0v) is 10.5. The topological polar surface area (TPSA) is 0 Å². The van der Waals surface area contributed by atoms with Crippen molar-refractivity contribution < 1.29 is 0 Å². The number of aryl methyl sites for hydroxylation is 1. The van der Waals surface area contributed by atoms with E-state index in [1.165, 1.54) is 37.7 Å². The van der Waals surface area contributed by atoms with Crippen LogP contribution in [-0.4, -0.2) is 0 Å². The van der Waals surface area contributed by atoms with Gasteiger partial charge in [-0.25, -0.2) is 0 Å². The zero-order valence-electron chi connectivity index (χ0n) is 10.5. The molecule has 0 radical (unpaired) electrons. The van der Waals surface area contributed by atoms with Crippen molar-refractivity contribution in [3.63, 3.8) is 0 Å². The summed E-state index contributed by atoms with van der Waals surface area (Å²) in [5.74, 6) is 2.76. The smallest absolute Gasteiger partial charge is 0.0154 e. The van der Waals surface area contributed by atoms with E-state index in [1.807, 2.05) is 0 Å². The molecular formula is C16H22. The highest BCUT2D eigenvalue weighted by molar-refractivity contribution is 5.40. The molecule has 1 aromatic rings. The predicted octanol–water partition coefficient (Wildman–Crippen LogP) is 4.46. The highest BCUT2D eigenvalue weighted by atomic mass is 14.4. The fourth-order valence-corrected chi connectivity index (χ4v) is 4.22. The maximum Gasteiger partial charge on any atom is -0.0154 e. The van der Waals surface area contributed by atoms with E-state index in [-0.39, 0.29) is 0 Å². The lowest BCUT2D eigenvalue weighted by Crippen LogP contribution is -2.31. The SMILES string of the molecule is Cc1cccc2c1C(C)[C@H]1CCCCC1C2. The summed E-state index contributed by atoms with van der Waals surface area (Å²) in [7, 11) is 0. The van der Waals surface area contributed by atoms with Gasteiger partial charge in [0.15, 0.2) is 0 Å². The molecule has 0 aliphatic heterocycles. The van der Waals surface area contributed by atoms with Gasteiger partial charge in [-0.1, -0.05) is 38.0 Å². The van der Waals surface area contributed by atoms with Gasteiger partial charge in [0.25, 0.3) is 0 Å². The number of benzene rings is 1. The molecule has 0 saturated heterocycles. The predicted molar refractivity (Wildman–Crippen MR) is 68.7 cm³/mol. The number of hydrogen-bond donors (Lipinski definition) is 0. The molecule has 0 bridgehead atoms. The van der Waals surface area contributed by atoms with E-state index in [4.69, 9.17) is 0 Å². The van der Waals surface area contributed by atoms with Gasteiger partial charge in [0, 0.05) is 0 Å². The molecule has 0 spiro atoms. The third kappa shape index (κ3) is 1.50. The number of fused-ring (bicyclic) bond motifs is 2. The standard InChI is InChI=1S/C16H22/c1-11-6-5-8-14-10-13-7-3-4-9-15(13)12(2)16(11)14/h5-6,8,12-13,15H,3-4,7,9-10H2,1-2H3/t12?,13?,15-/m1/s1. The van der Waals surface area contributed by atoms with Gasteiger partial charge < -0.3 is 0 Å². The molecule has 2 aliphatic carbocycles. The molecule has 86 valence electrons. The van der Waals surface area contributed by atoms with Crippen LogP contribution in [0.1, 0.15) is 55.2 Å². The molecule has 1 saturated carbocycles. The Morgan fingerprint density at radius 2 is 1.94 bits per heavy atom. The Kier molecular flexibility index (Phi) is 2.53. The van der Waals surface area contributed by atoms with Crippen molar-refractivity contribution in [3.8, 4) is 0 Å². The highest BCUT2D eigenvalue weighted by Crippen LogP contribution is 2.47. The maximum atomic E-state index is 2.47. The monoisotopic (exact) mass is 214 g/mol. The molecular weight excluding hydrogens is 192 g/mol. The van der Waals surface area contributed by atoms with Gasteiger partial charge in [-0.15, -0.1) is 0 Å². The Bertz CT molecular complexity index is 391. The summed E-state index contributed by atoms with van der Waals surface area (Å²) in [6.07, 6.45) is 7.23. The molecule has 0 nitrogen and oxygen atoms in total. The minimum Gasteiger partial charge on any atom is -0.0617 e. The van der Waals surface area contributed by atoms with E-state index < -0.39 is 0 Å². The van der Waals surface area contributed by atoms with Crippen molar-refractivity contribution in [2.24, 2.45) is 11.8 Å². The fraction of sp³-hybridized carbons (Fsp3) is 0.625. The van der Waals surface area contributed by atoms with Crippen LogP contribution in [0.4, 0.5) is 0 Å². The Balaban J connectivity index is 2.03. The maximum absolute atomic E-state index is 2.47. The molecule has 0 N–H and O–H groups in total. The summed E-state index contributed by atoms with van der Waals surface area (Å²) in [4.78, 5) is 0. The second-order valence-electron chi connectivity index (χ2n) is 5.85. The summed E-state index contributed by atoms with van der Waals surface area (Å²) >= 11 is 0. The lowest BCUT2D eigenvalue weighted by Gasteiger charge is -2.42. The van der Waals surface area contributed by atoms with Gasteiger partial charge in [0.2, 0.25) is 0 Å². The Morgan fingerprint density at radius 1 is 1.12 bits per heavy atom. The van der Waals surface area contributed by atoms with Crippen LogP contribution in [0, 0.1) is 18.8 Å². The van der Waals surface area contributed by atoms with Gasteiger partial charge in [0.05, 0.1) is 0 Å². The van der Waals surface area contributed by atoms with Gasteiger partial charge >= 0.3 is 0 Å². The molecule has 1 fully saturated rings. The van der Waals surface area contributed by atoms with E-state index in [0.717, 1.165) is 17.8 Å². The van der Waals surface area contributed by atoms with Crippen LogP contribution in [0.15, 0.2) is 18.2 Å². The lowest BCUT2D eigenvalue weighted by molar-refractivity contribution is 0.191. The van der Waals surface area contributed by atoms with Gasteiger partial charge in [0.1, 0.15) is 0 Å². The first kappa shape index (κ1) is 10.4. The normalized spacial score (nSPS) is 33.0. The quantitative estimate of drug-likeness (QED) is 0.598.